The molecule has 108 valence electrons. The van der Waals surface area contributed by atoms with Gasteiger partial charge in [-0.25, -0.2) is 4.79 Å². The molecule has 1 aliphatic rings. The Labute approximate surface area is 118 Å². The quantitative estimate of drug-likeness (QED) is 0.783. The van der Waals surface area contributed by atoms with Crippen molar-refractivity contribution < 1.29 is 19.1 Å². The van der Waals surface area contributed by atoms with Gasteiger partial charge in [0.05, 0.1) is 13.7 Å². The van der Waals surface area contributed by atoms with Crippen molar-refractivity contribution >= 4 is 11.9 Å². The van der Waals surface area contributed by atoms with Gasteiger partial charge in [0.2, 0.25) is 0 Å². The lowest BCUT2D eigenvalue weighted by Crippen LogP contribution is -2.60. The molecule has 1 heterocycles. The minimum Gasteiger partial charge on any atom is -0.467 e. The highest BCUT2D eigenvalue weighted by atomic mass is 16.5. The van der Waals surface area contributed by atoms with Gasteiger partial charge in [-0.1, -0.05) is 30.3 Å². The van der Waals surface area contributed by atoms with Crippen LogP contribution in [0.25, 0.3) is 0 Å². The van der Waals surface area contributed by atoms with E-state index < -0.39 is 17.6 Å². The Bertz CT molecular complexity index is 498. The van der Waals surface area contributed by atoms with Gasteiger partial charge in [-0.05, 0) is 19.4 Å². The molecule has 5 heteroatoms. The highest BCUT2D eigenvalue weighted by molar-refractivity contribution is 5.90. The third-order valence-corrected chi connectivity index (χ3v) is 3.42. The lowest BCUT2D eigenvalue weighted by molar-refractivity contribution is -0.184. The van der Waals surface area contributed by atoms with E-state index in [2.05, 4.69) is 0 Å². The summed E-state index contributed by atoms with van der Waals surface area (Å²) in [6.45, 7) is 3.94. The van der Waals surface area contributed by atoms with E-state index in [1.165, 1.54) is 12.0 Å². The summed E-state index contributed by atoms with van der Waals surface area (Å²) in [6.07, 6.45) is 0. The molecule has 1 aliphatic heterocycles. The molecule has 0 N–H and O–H groups in total. The number of carbonyl (C=O) groups is 2. The van der Waals surface area contributed by atoms with Crippen LogP contribution in [0.1, 0.15) is 19.4 Å². The summed E-state index contributed by atoms with van der Waals surface area (Å²) >= 11 is 0. The van der Waals surface area contributed by atoms with E-state index in [9.17, 15) is 9.59 Å². The molecule has 1 amide bonds. The smallest absolute Gasteiger partial charge is 0.331 e. The highest BCUT2D eigenvalue weighted by Crippen LogP contribution is 2.24. The van der Waals surface area contributed by atoms with E-state index in [0.29, 0.717) is 6.54 Å². The van der Waals surface area contributed by atoms with Crippen LogP contribution in [0, 0.1) is 0 Å². The van der Waals surface area contributed by atoms with Gasteiger partial charge >= 0.3 is 5.97 Å². The number of methoxy groups -OCH3 is 1. The third kappa shape index (κ3) is 2.82. The predicted molar refractivity (Wildman–Crippen MR) is 72.8 cm³/mol. The zero-order valence-corrected chi connectivity index (χ0v) is 12.0. The average molecular weight is 277 g/mol. The van der Waals surface area contributed by atoms with Crippen molar-refractivity contribution in [3.8, 4) is 0 Å². The topological polar surface area (TPSA) is 55.8 Å². The minimum atomic E-state index is -0.917. The lowest BCUT2D eigenvalue weighted by atomic mass is 10.0. The molecule has 1 aromatic rings. The number of carbonyl (C=O) groups excluding carboxylic acids is 2. The molecule has 20 heavy (non-hydrogen) atoms. The number of amides is 1. The summed E-state index contributed by atoms with van der Waals surface area (Å²) < 4.78 is 10.3. The maximum atomic E-state index is 12.5. The molecule has 0 saturated carbocycles. The van der Waals surface area contributed by atoms with Crippen LogP contribution in [0.3, 0.4) is 0 Å². The molecule has 1 unspecified atom stereocenters. The van der Waals surface area contributed by atoms with E-state index >= 15 is 0 Å². The summed E-state index contributed by atoms with van der Waals surface area (Å²) in [7, 11) is 1.31. The second-order valence-corrected chi connectivity index (χ2v) is 5.28. The molecule has 0 radical (unpaired) electrons. The molecule has 1 saturated heterocycles. The lowest BCUT2D eigenvalue weighted by Gasteiger charge is -2.41. The van der Waals surface area contributed by atoms with Gasteiger partial charge in [0.15, 0.2) is 6.04 Å². The first-order chi connectivity index (χ1) is 9.45. The Morgan fingerprint density at radius 3 is 2.65 bits per heavy atom. The Balaban J connectivity index is 2.26. The second-order valence-electron chi connectivity index (χ2n) is 5.28. The van der Waals surface area contributed by atoms with E-state index in [1.807, 2.05) is 30.3 Å². The second kappa shape index (κ2) is 5.63. The van der Waals surface area contributed by atoms with E-state index in [-0.39, 0.29) is 12.5 Å². The molecule has 2 rings (SSSR count). The maximum Gasteiger partial charge on any atom is 0.331 e. The van der Waals surface area contributed by atoms with Gasteiger partial charge in [-0.3, -0.25) is 4.79 Å². The maximum absolute atomic E-state index is 12.5. The summed E-state index contributed by atoms with van der Waals surface area (Å²) in [5, 5.41) is 0. The number of hydrogen-bond donors (Lipinski definition) is 0. The van der Waals surface area contributed by atoms with Gasteiger partial charge in [0.1, 0.15) is 5.60 Å². The molecule has 1 fully saturated rings. The van der Waals surface area contributed by atoms with E-state index in [0.717, 1.165) is 5.56 Å². The number of hydrogen-bond acceptors (Lipinski definition) is 4. The van der Waals surface area contributed by atoms with Crippen LogP contribution in [0.15, 0.2) is 30.3 Å². The Morgan fingerprint density at radius 2 is 2.05 bits per heavy atom. The van der Waals surface area contributed by atoms with Gasteiger partial charge in [0, 0.05) is 6.54 Å². The highest BCUT2D eigenvalue weighted by Gasteiger charge is 2.44. The summed E-state index contributed by atoms with van der Waals surface area (Å²) in [4.78, 5) is 25.8. The number of benzene rings is 1. The van der Waals surface area contributed by atoms with E-state index in [1.54, 1.807) is 13.8 Å². The van der Waals surface area contributed by atoms with Crippen molar-refractivity contribution in [1.29, 1.82) is 0 Å². The molecule has 0 spiro atoms. The van der Waals surface area contributed by atoms with Crippen LogP contribution >= 0.6 is 0 Å². The molecular weight excluding hydrogens is 258 g/mol. The molecular formula is C15H19NO4. The zero-order chi connectivity index (χ0) is 14.8. The fraction of sp³-hybridized carbons (Fsp3) is 0.467. The molecule has 1 atom stereocenters. The van der Waals surface area contributed by atoms with Gasteiger partial charge < -0.3 is 14.4 Å². The molecule has 0 bridgehead atoms. The summed E-state index contributed by atoms with van der Waals surface area (Å²) in [5.41, 5.74) is 0.0479. The standard InChI is InChI=1S/C15H19NO4/c1-15(2)14(18)16(9-11-7-5-4-6-8-11)12(10-20-15)13(17)19-3/h4-8,12H,9-10H2,1-3H3. The number of rotatable bonds is 3. The summed E-state index contributed by atoms with van der Waals surface area (Å²) in [5.74, 6) is -0.659. The van der Waals surface area contributed by atoms with Gasteiger partial charge in [-0.15, -0.1) is 0 Å². The van der Waals surface area contributed by atoms with Crippen LogP contribution in [-0.4, -0.2) is 42.1 Å². The SMILES string of the molecule is COC(=O)C1COC(C)(C)C(=O)N1Cc1ccccc1. The first-order valence-electron chi connectivity index (χ1n) is 6.52. The number of esters is 1. The number of morpholine rings is 1. The fourth-order valence-electron chi connectivity index (χ4n) is 2.22. The fourth-order valence-corrected chi connectivity index (χ4v) is 2.22. The van der Waals surface area contributed by atoms with Crippen molar-refractivity contribution in [2.75, 3.05) is 13.7 Å². The zero-order valence-electron chi connectivity index (χ0n) is 12.0. The monoisotopic (exact) mass is 277 g/mol. The number of nitrogens with zero attached hydrogens (tertiary/aromatic N) is 1. The van der Waals surface area contributed by atoms with Gasteiger partial charge in [0.25, 0.3) is 5.91 Å². The van der Waals surface area contributed by atoms with Crippen LogP contribution in [-0.2, 0) is 25.6 Å². The van der Waals surface area contributed by atoms with Crippen molar-refractivity contribution in [2.24, 2.45) is 0 Å². The summed E-state index contributed by atoms with van der Waals surface area (Å²) in [6, 6.07) is 8.86. The van der Waals surface area contributed by atoms with Crippen molar-refractivity contribution in [2.45, 2.75) is 32.0 Å². The molecule has 1 aromatic carbocycles. The largest absolute Gasteiger partial charge is 0.467 e. The normalized spacial score (nSPS) is 21.6. The van der Waals surface area contributed by atoms with Crippen molar-refractivity contribution in [3.05, 3.63) is 35.9 Å². The Hall–Kier alpha value is -1.88. The van der Waals surface area contributed by atoms with Crippen LogP contribution < -0.4 is 0 Å². The van der Waals surface area contributed by atoms with Crippen molar-refractivity contribution in [1.82, 2.24) is 4.90 Å². The van der Waals surface area contributed by atoms with Crippen LogP contribution in [0.2, 0.25) is 0 Å². The third-order valence-electron chi connectivity index (χ3n) is 3.42. The predicted octanol–water partition coefficient (Wildman–Crippen LogP) is 1.37. The number of ether oxygens (including phenoxy) is 2. The Morgan fingerprint density at radius 1 is 1.40 bits per heavy atom. The Kier molecular flexibility index (Phi) is 4.09. The minimum absolute atomic E-state index is 0.151. The molecule has 0 aromatic heterocycles. The molecule has 5 nitrogen and oxygen atoms in total. The van der Waals surface area contributed by atoms with Gasteiger partial charge in [-0.2, -0.15) is 0 Å². The van der Waals surface area contributed by atoms with Crippen LogP contribution in [0.4, 0.5) is 0 Å². The van der Waals surface area contributed by atoms with Crippen molar-refractivity contribution in [3.63, 3.8) is 0 Å². The molecule has 0 aliphatic carbocycles. The van der Waals surface area contributed by atoms with Crippen LogP contribution in [0.5, 0.6) is 0 Å². The first kappa shape index (κ1) is 14.5. The van der Waals surface area contributed by atoms with E-state index in [4.69, 9.17) is 9.47 Å². The average Bonchev–Trinajstić information content (AvgIpc) is 2.44. The first-order valence-corrected chi connectivity index (χ1v) is 6.52.